The third-order valence-corrected chi connectivity index (χ3v) is 5.53. The van der Waals surface area contributed by atoms with Crippen LogP contribution in [0.5, 0.6) is 0 Å². The molecule has 0 radical (unpaired) electrons. The van der Waals surface area contributed by atoms with Crippen LogP contribution in [0.1, 0.15) is 49.9 Å². The van der Waals surface area contributed by atoms with Crippen molar-refractivity contribution in [2.24, 2.45) is 0 Å². The van der Waals surface area contributed by atoms with Crippen LogP contribution in [-0.2, 0) is 26.3 Å². The minimum absolute atomic E-state index is 0.158. The largest absolute Gasteiger partial charge is 0.466 e. The van der Waals surface area contributed by atoms with Gasteiger partial charge in [0.15, 0.2) is 0 Å². The molecule has 1 aliphatic heterocycles. The van der Waals surface area contributed by atoms with E-state index in [4.69, 9.17) is 9.47 Å². The number of nitrogens with zero attached hydrogens (tertiary/aromatic N) is 1. The summed E-state index contributed by atoms with van der Waals surface area (Å²) < 4.78 is 27.3. The highest BCUT2D eigenvalue weighted by atomic mass is 79.9. The third kappa shape index (κ3) is 3.10. The predicted octanol–water partition coefficient (Wildman–Crippen LogP) is 4.77. The first kappa shape index (κ1) is 18.4. The normalized spacial score (nSPS) is 19.9. The molecule has 1 aliphatic rings. The number of aromatic nitrogens is 1. The highest BCUT2D eigenvalue weighted by Gasteiger charge is 2.43. The van der Waals surface area contributed by atoms with Crippen LogP contribution in [0.3, 0.4) is 0 Å². The Bertz CT molecular complexity index is 817. The van der Waals surface area contributed by atoms with Crippen molar-refractivity contribution in [3.63, 3.8) is 0 Å². The van der Waals surface area contributed by atoms with Gasteiger partial charge in [0.25, 0.3) is 0 Å². The average molecular weight is 412 g/mol. The molecule has 3 rings (SSSR count). The molecule has 0 saturated carbocycles. The van der Waals surface area contributed by atoms with E-state index >= 15 is 0 Å². The van der Waals surface area contributed by atoms with E-state index in [9.17, 15) is 9.18 Å². The summed E-state index contributed by atoms with van der Waals surface area (Å²) in [5, 5.41) is 0.886. The fraction of sp³-hybridized carbons (Fsp3) is 0.526. The monoisotopic (exact) mass is 411 g/mol. The van der Waals surface area contributed by atoms with Gasteiger partial charge < -0.3 is 9.47 Å². The van der Waals surface area contributed by atoms with Gasteiger partial charge in [-0.2, -0.15) is 0 Å². The smallest absolute Gasteiger partial charge is 0.309 e. The molecule has 0 N–H and O–H groups in total. The lowest BCUT2D eigenvalue weighted by molar-refractivity contribution is -0.155. The van der Waals surface area contributed by atoms with Crippen LogP contribution in [0.25, 0.3) is 10.9 Å². The van der Waals surface area contributed by atoms with Gasteiger partial charge in [0, 0.05) is 5.39 Å². The number of hydrogen-bond acceptors (Lipinski definition) is 3. The summed E-state index contributed by atoms with van der Waals surface area (Å²) in [6.45, 7) is 6.60. The molecule has 4 nitrogen and oxygen atoms in total. The van der Waals surface area contributed by atoms with Crippen LogP contribution in [0.4, 0.5) is 4.39 Å². The van der Waals surface area contributed by atoms with Crippen LogP contribution < -0.4 is 0 Å². The number of fused-ring (bicyclic) bond motifs is 3. The number of hydrogen-bond donors (Lipinski definition) is 0. The van der Waals surface area contributed by atoms with Gasteiger partial charge in [0.2, 0.25) is 0 Å². The maximum absolute atomic E-state index is 14.0. The molecule has 25 heavy (non-hydrogen) atoms. The molecule has 2 heterocycles. The first-order valence-electron chi connectivity index (χ1n) is 8.73. The van der Waals surface area contributed by atoms with Gasteiger partial charge in [-0.1, -0.05) is 13.3 Å². The van der Waals surface area contributed by atoms with Crippen molar-refractivity contribution in [3.8, 4) is 0 Å². The zero-order valence-corrected chi connectivity index (χ0v) is 16.4. The summed E-state index contributed by atoms with van der Waals surface area (Å²) in [5.41, 5.74) is 3.00. The molecule has 0 aliphatic carbocycles. The maximum atomic E-state index is 14.0. The molecule has 1 atom stereocenters. The van der Waals surface area contributed by atoms with Crippen molar-refractivity contribution in [3.05, 3.63) is 34.8 Å². The number of rotatable bonds is 5. The summed E-state index contributed by atoms with van der Waals surface area (Å²) in [6, 6.07) is 3.10. The van der Waals surface area contributed by atoms with Crippen molar-refractivity contribution in [2.75, 3.05) is 13.2 Å². The van der Waals surface area contributed by atoms with Crippen molar-refractivity contribution in [2.45, 2.75) is 52.1 Å². The lowest BCUT2D eigenvalue weighted by Crippen LogP contribution is -2.39. The van der Waals surface area contributed by atoms with Crippen molar-refractivity contribution in [1.82, 2.24) is 3.59 Å². The second kappa shape index (κ2) is 7.08. The molecule has 136 valence electrons. The lowest BCUT2D eigenvalue weighted by atomic mass is 9.84. The van der Waals surface area contributed by atoms with Gasteiger partial charge in [-0.05, 0) is 49.9 Å². The minimum Gasteiger partial charge on any atom is -0.466 e. The number of carbonyl (C=O) groups excluding carboxylic acids is 1. The molecule has 0 amide bonds. The number of esters is 1. The van der Waals surface area contributed by atoms with Crippen LogP contribution in [0.15, 0.2) is 12.1 Å². The highest BCUT2D eigenvalue weighted by molar-refractivity contribution is 9.08. The van der Waals surface area contributed by atoms with Crippen molar-refractivity contribution >= 4 is 33.0 Å². The number of ether oxygens (including phenoxy) is 2. The number of carbonyl (C=O) groups is 1. The van der Waals surface area contributed by atoms with Gasteiger partial charge in [-0.25, -0.2) is 4.39 Å². The van der Waals surface area contributed by atoms with Gasteiger partial charge in [0.1, 0.15) is 11.4 Å². The van der Waals surface area contributed by atoms with E-state index < -0.39 is 5.60 Å². The third-order valence-electron chi connectivity index (χ3n) is 4.82. The zero-order chi connectivity index (χ0) is 18.2. The summed E-state index contributed by atoms with van der Waals surface area (Å²) in [7, 11) is 0. The molecular weight excluding hydrogens is 389 g/mol. The molecule has 1 unspecified atom stereocenters. The summed E-state index contributed by atoms with van der Waals surface area (Å²) in [4.78, 5) is 12.3. The van der Waals surface area contributed by atoms with Crippen LogP contribution in [0.2, 0.25) is 0 Å². The molecule has 0 bridgehead atoms. The molecular formula is C19H23BrFNO3. The van der Waals surface area contributed by atoms with E-state index in [0.29, 0.717) is 26.1 Å². The fourth-order valence-corrected chi connectivity index (χ4v) is 4.98. The van der Waals surface area contributed by atoms with E-state index in [2.05, 4.69) is 23.1 Å². The molecule has 2 aromatic rings. The first-order chi connectivity index (χ1) is 11.9. The summed E-state index contributed by atoms with van der Waals surface area (Å²) in [6.07, 6.45) is 2.41. The van der Waals surface area contributed by atoms with E-state index in [1.165, 1.54) is 6.07 Å². The Morgan fingerprint density at radius 1 is 1.44 bits per heavy atom. The molecule has 0 saturated heterocycles. The fourth-order valence-electron chi connectivity index (χ4n) is 3.97. The maximum Gasteiger partial charge on any atom is 0.309 e. The molecule has 6 heteroatoms. The van der Waals surface area contributed by atoms with Crippen molar-refractivity contribution in [1.29, 1.82) is 0 Å². The Kier molecular flexibility index (Phi) is 5.21. The second-order valence-electron chi connectivity index (χ2n) is 6.55. The lowest BCUT2D eigenvalue weighted by Gasteiger charge is -2.37. The zero-order valence-electron chi connectivity index (χ0n) is 14.8. The topological polar surface area (TPSA) is 40.5 Å². The standard InChI is InChI=1S/C19H23BrFNO3/c1-4-7-19(11-16(23)24-5-2)18-14(6-8-25-19)15-10-13(21)9-12(3)17(15)22(18)20/h9-10H,4-8,11H2,1-3H3. The molecule has 1 aromatic carbocycles. The highest BCUT2D eigenvalue weighted by Crippen LogP contribution is 2.46. The molecule has 0 fully saturated rings. The molecule has 1 aromatic heterocycles. The Hall–Kier alpha value is -1.40. The SMILES string of the molecule is CCCC1(CC(=O)OCC)OCCc2c1n(Br)c1c(C)cc(F)cc21. The predicted molar refractivity (Wildman–Crippen MR) is 98.5 cm³/mol. The van der Waals surface area contributed by atoms with Gasteiger partial charge in [-0.15, -0.1) is 0 Å². The van der Waals surface area contributed by atoms with Gasteiger partial charge >= 0.3 is 5.97 Å². The van der Waals surface area contributed by atoms with Crippen LogP contribution in [-0.4, -0.2) is 22.8 Å². The van der Waals surface area contributed by atoms with E-state index in [-0.39, 0.29) is 18.2 Å². The second-order valence-corrected chi connectivity index (χ2v) is 7.26. The van der Waals surface area contributed by atoms with Gasteiger partial charge in [-0.3, -0.25) is 8.39 Å². The van der Waals surface area contributed by atoms with Crippen LogP contribution >= 0.6 is 16.1 Å². The Labute approximate surface area is 155 Å². The number of aryl methyl sites for hydroxylation is 1. The summed E-state index contributed by atoms with van der Waals surface area (Å²) >= 11 is 3.65. The quantitative estimate of drug-likeness (QED) is 0.665. The summed E-state index contributed by atoms with van der Waals surface area (Å²) in [5.74, 6) is -0.520. The Morgan fingerprint density at radius 2 is 2.20 bits per heavy atom. The average Bonchev–Trinajstić information content (AvgIpc) is 2.82. The Balaban J connectivity index is 2.23. The molecule has 0 spiro atoms. The Morgan fingerprint density at radius 3 is 2.88 bits per heavy atom. The van der Waals surface area contributed by atoms with E-state index in [0.717, 1.165) is 34.1 Å². The van der Waals surface area contributed by atoms with Crippen molar-refractivity contribution < 1.29 is 18.7 Å². The minimum atomic E-state index is -0.750. The number of benzene rings is 1. The van der Waals surface area contributed by atoms with E-state index in [1.54, 1.807) is 13.0 Å². The van der Waals surface area contributed by atoms with E-state index in [1.807, 2.05) is 10.5 Å². The van der Waals surface area contributed by atoms with Gasteiger partial charge in [0.05, 0.1) is 47.0 Å². The van der Waals surface area contributed by atoms with Crippen LogP contribution in [0, 0.1) is 12.7 Å². The number of halogens is 2. The first-order valence-corrected chi connectivity index (χ1v) is 9.44.